The Hall–Kier alpha value is -1.97. The van der Waals surface area contributed by atoms with Gasteiger partial charge in [-0.25, -0.2) is 8.42 Å². The van der Waals surface area contributed by atoms with Crippen molar-refractivity contribution in [2.24, 2.45) is 0 Å². The van der Waals surface area contributed by atoms with Gasteiger partial charge in [0.15, 0.2) is 10.9 Å². The zero-order valence-corrected chi connectivity index (χ0v) is 17.6. The highest BCUT2D eigenvalue weighted by Crippen LogP contribution is 2.24. The highest BCUT2D eigenvalue weighted by Gasteiger charge is 2.33. The summed E-state index contributed by atoms with van der Waals surface area (Å²) in [5.74, 6) is 0.321. The van der Waals surface area contributed by atoms with E-state index in [1.165, 1.54) is 9.87 Å². The van der Waals surface area contributed by atoms with Gasteiger partial charge in [0.2, 0.25) is 10.0 Å². The Balaban J connectivity index is 1.66. The lowest BCUT2D eigenvalue weighted by atomic mass is 10.1. The molecule has 146 valence electrons. The lowest BCUT2D eigenvalue weighted by molar-refractivity contribution is 0.268. The maximum Gasteiger partial charge on any atom is 0.248 e. The van der Waals surface area contributed by atoms with E-state index in [9.17, 15) is 8.42 Å². The van der Waals surface area contributed by atoms with Gasteiger partial charge in [-0.15, -0.1) is 0 Å². The Bertz CT molecular complexity index is 941. The number of benzene rings is 1. The summed E-state index contributed by atoms with van der Waals surface area (Å²) in [5.41, 5.74) is 3.71. The molecule has 0 aliphatic carbocycles. The van der Waals surface area contributed by atoms with Gasteiger partial charge in [-0.3, -0.25) is 0 Å². The lowest BCUT2D eigenvalue weighted by Crippen LogP contribution is -2.51. The first-order chi connectivity index (χ1) is 12.7. The summed E-state index contributed by atoms with van der Waals surface area (Å²) >= 11 is 5.53. The number of hydrogen-bond donors (Lipinski definition) is 1. The number of thiocarbonyl (C=S) groups is 1. The minimum Gasteiger partial charge on any atom is -0.360 e. The predicted octanol–water partition coefficient (Wildman–Crippen LogP) is 2.61. The van der Waals surface area contributed by atoms with E-state index in [1.807, 2.05) is 17.0 Å². The number of piperazine rings is 1. The fourth-order valence-corrected chi connectivity index (χ4v) is 5.19. The first-order valence-electron chi connectivity index (χ1n) is 8.77. The Morgan fingerprint density at radius 1 is 1.15 bits per heavy atom. The van der Waals surface area contributed by atoms with Crippen LogP contribution in [0, 0.1) is 27.7 Å². The minimum atomic E-state index is -3.61. The highest BCUT2D eigenvalue weighted by molar-refractivity contribution is 7.89. The molecule has 0 saturated carbocycles. The summed E-state index contributed by atoms with van der Waals surface area (Å²) < 4.78 is 32.3. The van der Waals surface area contributed by atoms with Crippen LogP contribution in [0.5, 0.6) is 0 Å². The van der Waals surface area contributed by atoms with E-state index in [1.54, 1.807) is 13.8 Å². The van der Waals surface area contributed by atoms with E-state index < -0.39 is 10.0 Å². The molecule has 9 heteroatoms. The molecule has 1 aliphatic heterocycles. The van der Waals surface area contributed by atoms with Crippen molar-refractivity contribution in [2.75, 3.05) is 31.5 Å². The topological polar surface area (TPSA) is 78.7 Å². The van der Waals surface area contributed by atoms with Crippen molar-refractivity contribution >= 4 is 33.0 Å². The van der Waals surface area contributed by atoms with Gasteiger partial charge >= 0.3 is 0 Å². The third kappa shape index (κ3) is 3.85. The van der Waals surface area contributed by atoms with Crippen molar-refractivity contribution in [1.82, 2.24) is 14.4 Å². The summed E-state index contributed by atoms with van der Waals surface area (Å²) in [4.78, 5) is 2.17. The molecular formula is C18H24N4O3S2. The molecule has 1 aromatic carbocycles. The van der Waals surface area contributed by atoms with Crippen LogP contribution in [0.1, 0.15) is 22.6 Å². The van der Waals surface area contributed by atoms with E-state index in [-0.39, 0.29) is 4.90 Å². The van der Waals surface area contributed by atoms with E-state index in [2.05, 4.69) is 30.4 Å². The molecule has 2 aromatic rings. The number of aromatic nitrogens is 1. The molecule has 1 aliphatic rings. The van der Waals surface area contributed by atoms with Crippen LogP contribution in [0.2, 0.25) is 0 Å². The Labute approximate surface area is 165 Å². The smallest absolute Gasteiger partial charge is 0.248 e. The molecule has 0 amide bonds. The lowest BCUT2D eigenvalue weighted by Gasteiger charge is -2.35. The summed E-state index contributed by atoms with van der Waals surface area (Å²) in [6.45, 7) is 9.14. The molecule has 0 spiro atoms. The van der Waals surface area contributed by atoms with Gasteiger partial charge in [0.25, 0.3) is 0 Å². The first kappa shape index (κ1) is 19.8. The van der Waals surface area contributed by atoms with E-state index >= 15 is 0 Å². The van der Waals surface area contributed by atoms with Crippen LogP contribution in [-0.4, -0.2) is 54.1 Å². The molecule has 1 aromatic heterocycles. The summed E-state index contributed by atoms with van der Waals surface area (Å²) in [6.07, 6.45) is 0. The van der Waals surface area contributed by atoms with E-state index in [0.717, 1.165) is 11.3 Å². The van der Waals surface area contributed by atoms with Crippen LogP contribution in [0.15, 0.2) is 27.6 Å². The maximum atomic E-state index is 12.9. The maximum absolute atomic E-state index is 12.9. The van der Waals surface area contributed by atoms with Crippen molar-refractivity contribution in [2.45, 2.75) is 32.6 Å². The average Bonchev–Trinajstić information content (AvgIpc) is 2.98. The molecule has 1 saturated heterocycles. The molecule has 3 rings (SSSR count). The zero-order chi connectivity index (χ0) is 19.8. The van der Waals surface area contributed by atoms with E-state index in [0.29, 0.717) is 42.7 Å². The average molecular weight is 409 g/mol. The summed E-state index contributed by atoms with van der Waals surface area (Å²) in [5, 5.41) is 7.65. The number of aryl methyl sites for hydroxylation is 3. The normalized spacial score (nSPS) is 15.8. The van der Waals surface area contributed by atoms with Crippen LogP contribution in [0.25, 0.3) is 0 Å². The molecule has 0 bridgehead atoms. The third-order valence-corrected chi connectivity index (χ3v) is 7.44. The van der Waals surface area contributed by atoms with E-state index in [4.69, 9.17) is 16.7 Å². The number of rotatable bonds is 3. The number of sulfonamides is 1. The second-order valence-corrected chi connectivity index (χ2v) is 8.98. The van der Waals surface area contributed by atoms with Gasteiger partial charge in [0.05, 0.1) is 0 Å². The molecular weight excluding hydrogens is 384 g/mol. The van der Waals surface area contributed by atoms with Gasteiger partial charge in [0.1, 0.15) is 10.6 Å². The Morgan fingerprint density at radius 2 is 1.81 bits per heavy atom. The quantitative estimate of drug-likeness (QED) is 0.782. The number of hydrogen-bond acceptors (Lipinski definition) is 5. The molecule has 0 unspecified atom stereocenters. The largest absolute Gasteiger partial charge is 0.360 e. The van der Waals surface area contributed by atoms with Gasteiger partial charge in [-0.2, -0.15) is 4.31 Å². The van der Waals surface area contributed by atoms with Crippen LogP contribution >= 0.6 is 12.2 Å². The van der Waals surface area contributed by atoms with Crippen LogP contribution in [0.4, 0.5) is 5.69 Å². The van der Waals surface area contributed by atoms with Gasteiger partial charge in [0, 0.05) is 31.9 Å². The third-order valence-electron chi connectivity index (χ3n) is 4.94. The van der Waals surface area contributed by atoms with Crippen molar-refractivity contribution in [1.29, 1.82) is 0 Å². The van der Waals surface area contributed by atoms with Gasteiger partial charge < -0.3 is 14.7 Å². The molecule has 0 radical (unpaired) electrons. The van der Waals surface area contributed by atoms with Crippen LogP contribution < -0.4 is 5.32 Å². The van der Waals surface area contributed by atoms with Crippen molar-refractivity contribution in [3.05, 3.63) is 40.8 Å². The number of nitrogens with one attached hydrogen (secondary N) is 1. The number of anilines is 1. The van der Waals surface area contributed by atoms with Crippen molar-refractivity contribution in [3.63, 3.8) is 0 Å². The molecule has 7 nitrogen and oxygen atoms in total. The Morgan fingerprint density at radius 3 is 2.41 bits per heavy atom. The highest BCUT2D eigenvalue weighted by atomic mass is 32.2. The van der Waals surface area contributed by atoms with Crippen LogP contribution in [-0.2, 0) is 10.0 Å². The van der Waals surface area contributed by atoms with Crippen molar-refractivity contribution < 1.29 is 12.9 Å². The molecule has 1 N–H and O–H groups in total. The SMILES string of the molecule is Cc1cccc(NC(=S)N2CCN(S(=O)(=O)c3c(C)noc3C)CC2)c1C. The molecule has 27 heavy (non-hydrogen) atoms. The second-order valence-electron chi connectivity index (χ2n) is 6.72. The summed E-state index contributed by atoms with van der Waals surface area (Å²) in [6, 6.07) is 6.04. The van der Waals surface area contributed by atoms with Crippen molar-refractivity contribution in [3.8, 4) is 0 Å². The minimum absolute atomic E-state index is 0.173. The molecule has 0 atom stereocenters. The molecule has 1 fully saturated rings. The van der Waals surface area contributed by atoms with Gasteiger partial charge in [-0.05, 0) is 57.1 Å². The zero-order valence-electron chi connectivity index (χ0n) is 15.9. The standard InChI is InChI=1S/C18H24N4O3S2/c1-12-6-5-7-16(13(12)2)19-18(26)21-8-10-22(11-9-21)27(23,24)17-14(3)20-25-15(17)4/h5-7H,8-11H2,1-4H3,(H,19,26). The fraction of sp³-hybridized carbons (Fsp3) is 0.444. The summed E-state index contributed by atoms with van der Waals surface area (Å²) in [7, 11) is -3.61. The monoisotopic (exact) mass is 408 g/mol. The first-order valence-corrected chi connectivity index (χ1v) is 10.6. The number of nitrogens with zero attached hydrogens (tertiary/aromatic N) is 3. The molecule has 2 heterocycles. The second kappa shape index (κ2) is 7.57. The van der Waals surface area contributed by atoms with Crippen LogP contribution in [0.3, 0.4) is 0 Å². The van der Waals surface area contributed by atoms with Gasteiger partial charge in [-0.1, -0.05) is 17.3 Å². The Kier molecular flexibility index (Phi) is 5.55. The predicted molar refractivity (Wildman–Crippen MR) is 108 cm³/mol. The fourth-order valence-electron chi connectivity index (χ4n) is 3.18.